The van der Waals surface area contributed by atoms with Gasteiger partial charge in [-0.25, -0.2) is 24.7 Å². The smallest absolute Gasteiger partial charge is 0.341 e. The average Bonchev–Trinajstić information content (AvgIpc) is 3.38. The second kappa shape index (κ2) is 12.3. The number of hydrogen-bond acceptors (Lipinski definition) is 12. The fraction of sp³-hybridized carbons (Fsp3) is 0.370. The third-order valence-corrected chi connectivity index (χ3v) is 7.16. The van der Waals surface area contributed by atoms with Crippen LogP contribution in [0.25, 0.3) is 21.6 Å². The number of aliphatic hydroxyl groups is 1. The van der Waals surface area contributed by atoms with Crippen molar-refractivity contribution in [2.75, 3.05) is 63.0 Å². The first-order valence-corrected chi connectivity index (χ1v) is 13.5. The van der Waals surface area contributed by atoms with Crippen molar-refractivity contribution in [2.24, 2.45) is 0 Å². The molecule has 0 saturated carbocycles. The standard InChI is InChI=1S/C27H30N6O5S/c1-3-37-26(35)19-15-28-27(29-16-19)32(2)17-21-14-22-23(39-21)25(33-7-10-36-11-8-33)31-24(30-22)18-5-4-6-20(13-18)38-12-9-34/h4-6,13-16,34H,3,7-12,17H2,1-2H3. The minimum Gasteiger partial charge on any atom is -0.491 e. The van der Waals surface area contributed by atoms with Crippen LogP contribution in [-0.2, 0) is 16.0 Å². The highest BCUT2D eigenvalue weighted by Gasteiger charge is 2.21. The Hall–Kier alpha value is -3.87. The second-order valence-electron chi connectivity index (χ2n) is 8.85. The van der Waals surface area contributed by atoms with Crippen molar-refractivity contribution in [3.63, 3.8) is 0 Å². The molecule has 11 nitrogen and oxygen atoms in total. The average molecular weight is 551 g/mol. The van der Waals surface area contributed by atoms with Gasteiger partial charge in [-0.3, -0.25) is 0 Å². The van der Waals surface area contributed by atoms with Crippen molar-refractivity contribution in [1.29, 1.82) is 0 Å². The van der Waals surface area contributed by atoms with Crippen LogP contribution in [0.5, 0.6) is 5.75 Å². The molecule has 0 aliphatic carbocycles. The maximum absolute atomic E-state index is 11.9. The molecular weight excluding hydrogens is 520 g/mol. The van der Waals surface area contributed by atoms with E-state index in [0.717, 1.165) is 39.6 Å². The Kier molecular flexibility index (Phi) is 8.45. The molecule has 1 saturated heterocycles. The third-order valence-electron chi connectivity index (χ3n) is 6.05. The summed E-state index contributed by atoms with van der Waals surface area (Å²) < 4.78 is 17.2. The molecule has 0 atom stereocenters. The Labute approximate surface area is 230 Å². The maximum Gasteiger partial charge on any atom is 0.341 e. The van der Waals surface area contributed by atoms with Gasteiger partial charge in [-0.2, -0.15) is 0 Å². The summed E-state index contributed by atoms with van der Waals surface area (Å²) in [7, 11) is 1.90. The fourth-order valence-electron chi connectivity index (χ4n) is 4.19. The minimum atomic E-state index is -0.438. The Morgan fingerprint density at radius 3 is 2.72 bits per heavy atom. The zero-order valence-corrected chi connectivity index (χ0v) is 22.7. The maximum atomic E-state index is 11.9. The number of carbonyl (C=O) groups excluding carboxylic acids is 1. The number of nitrogens with zero attached hydrogens (tertiary/aromatic N) is 6. The first-order valence-electron chi connectivity index (χ1n) is 12.7. The van der Waals surface area contributed by atoms with E-state index in [1.807, 2.05) is 36.2 Å². The normalized spacial score (nSPS) is 13.5. The van der Waals surface area contributed by atoms with Gasteiger partial charge in [0.25, 0.3) is 0 Å². The Morgan fingerprint density at radius 1 is 1.18 bits per heavy atom. The highest BCUT2D eigenvalue weighted by molar-refractivity contribution is 7.19. The SMILES string of the molecule is CCOC(=O)c1cnc(N(C)Cc2cc3nc(-c4cccc(OCCO)c4)nc(N4CCOCC4)c3s2)nc1. The number of aliphatic hydroxyl groups excluding tert-OH is 1. The molecule has 39 heavy (non-hydrogen) atoms. The highest BCUT2D eigenvalue weighted by Crippen LogP contribution is 2.35. The van der Waals surface area contributed by atoms with Gasteiger partial charge in [-0.15, -0.1) is 11.3 Å². The number of esters is 1. The van der Waals surface area contributed by atoms with Crippen LogP contribution >= 0.6 is 11.3 Å². The summed E-state index contributed by atoms with van der Waals surface area (Å²) in [4.78, 5) is 35.7. The summed E-state index contributed by atoms with van der Waals surface area (Å²) in [6.07, 6.45) is 2.96. The monoisotopic (exact) mass is 550 g/mol. The fourth-order valence-corrected chi connectivity index (χ4v) is 5.36. The Morgan fingerprint density at radius 2 is 1.97 bits per heavy atom. The van der Waals surface area contributed by atoms with E-state index in [1.165, 1.54) is 12.4 Å². The van der Waals surface area contributed by atoms with E-state index in [-0.39, 0.29) is 13.2 Å². The van der Waals surface area contributed by atoms with E-state index in [1.54, 1.807) is 18.3 Å². The van der Waals surface area contributed by atoms with Crippen LogP contribution in [0.4, 0.5) is 11.8 Å². The molecule has 1 N–H and O–H groups in total. The van der Waals surface area contributed by atoms with Gasteiger partial charge in [-0.1, -0.05) is 12.1 Å². The van der Waals surface area contributed by atoms with Gasteiger partial charge < -0.3 is 29.1 Å². The van der Waals surface area contributed by atoms with Crippen molar-refractivity contribution in [3.8, 4) is 17.1 Å². The molecule has 1 fully saturated rings. The number of carbonyl (C=O) groups is 1. The van der Waals surface area contributed by atoms with Gasteiger partial charge in [0.15, 0.2) is 11.6 Å². The second-order valence-corrected chi connectivity index (χ2v) is 9.98. The number of hydrogen-bond donors (Lipinski definition) is 1. The van der Waals surface area contributed by atoms with Crippen molar-refractivity contribution >= 4 is 39.3 Å². The van der Waals surface area contributed by atoms with Crippen LogP contribution in [-0.4, -0.2) is 84.2 Å². The molecule has 12 heteroatoms. The predicted molar refractivity (Wildman–Crippen MR) is 149 cm³/mol. The lowest BCUT2D eigenvalue weighted by molar-refractivity contribution is 0.0525. The molecule has 0 unspecified atom stereocenters. The zero-order chi connectivity index (χ0) is 27.2. The number of benzene rings is 1. The number of anilines is 2. The summed E-state index contributed by atoms with van der Waals surface area (Å²) >= 11 is 1.64. The molecule has 204 valence electrons. The molecule has 4 heterocycles. The van der Waals surface area contributed by atoms with E-state index in [9.17, 15) is 4.79 Å². The van der Waals surface area contributed by atoms with Crippen LogP contribution in [0.2, 0.25) is 0 Å². The molecule has 1 aromatic carbocycles. The summed E-state index contributed by atoms with van der Waals surface area (Å²) in [5.74, 6) is 2.20. The number of ether oxygens (including phenoxy) is 3. The van der Waals surface area contributed by atoms with Gasteiger partial charge in [0.1, 0.15) is 12.4 Å². The van der Waals surface area contributed by atoms with Gasteiger partial charge >= 0.3 is 5.97 Å². The molecule has 1 aliphatic heterocycles. The van der Waals surface area contributed by atoms with Gasteiger partial charge in [0.2, 0.25) is 5.95 Å². The van der Waals surface area contributed by atoms with Gasteiger partial charge in [-0.05, 0) is 25.1 Å². The first-order chi connectivity index (χ1) is 19.1. The lowest BCUT2D eigenvalue weighted by Crippen LogP contribution is -2.36. The van der Waals surface area contributed by atoms with Crippen LogP contribution in [0.15, 0.2) is 42.7 Å². The Bertz CT molecular complexity index is 1420. The molecule has 0 radical (unpaired) electrons. The molecule has 0 bridgehead atoms. The van der Waals surface area contributed by atoms with E-state index in [2.05, 4.69) is 20.9 Å². The Balaban J connectivity index is 1.45. The van der Waals surface area contributed by atoms with E-state index >= 15 is 0 Å². The third kappa shape index (κ3) is 6.24. The van der Waals surface area contributed by atoms with Crippen LogP contribution < -0.4 is 14.5 Å². The summed E-state index contributed by atoms with van der Waals surface area (Å²) in [6.45, 7) is 5.57. The van der Waals surface area contributed by atoms with Crippen molar-refractivity contribution in [1.82, 2.24) is 19.9 Å². The molecule has 3 aromatic heterocycles. The zero-order valence-electron chi connectivity index (χ0n) is 21.9. The number of fused-ring (bicyclic) bond motifs is 1. The van der Waals surface area contributed by atoms with Crippen LogP contribution in [0.3, 0.4) is 0 Å². The summed E-state index contributed by atoms with van der Waals surface area (Å²) in [6, 6.07) is 9.66. The van der Waals surface area contributed by atoms with Crippen LogP contribution in [0.1, 0.15) is 22.2 Å². The predicted octanol–water partition coefficient (Wildman–Crippen LogP) is 3.17. The van der Waals surface area contributed by atoms with Crippen LogP contribution in [0, 0.1) is 0 Å². The number of thiophene rings is 1. The summed E-state index contributed by atoms with van der Waals surface area (Å²) in [5, 5.41) is 9.11. The molecule has 5 rings (SSSR count). The van der Waals surface area contributed by atoms with Gasteiger partial charge in [0.05, 0.1) is 48.8 Å². The number of morpholine rings is 1. The molecule has 1 aliphatic rings. The number of rotatable bonds is 10. The van der Waals surface area contributed by atoms with E-state index in [4.69, 9.17) is 29.3 Å². The molecular formula is C27H30N6O5S. The van der Waals surface area contributed by atoms with Crippen molar-refractivity contribution in [3.05, 3.63) is 53.2 Å². The van der Waals surface area contributed by atoms with Crippen molar-refractivity contribution < 1.29 is 24.1 Å². The van der Waals surface area contributed by atoms with E-state index < -0.39 is 5.97 Å². The number of aromatic nitrogens is 4. The molecule has 4 aromatic rings. The largest absolute Gasteiger partial charge is 0.491 e. The van der Waals surface area contributed by atoms with Crippen molar-refractivity contribution in [2.45, 2.75) is 13.5 Å². The molecule has 0 amide bonds. The quantitative estimate of drug-likeness (QED) is 0.293. The lowest BCUT2D eigenvalue weighted by atomic mass is 10.2. The lowest BCUT2D eigenvalue weighted by Gasteiger charge is -2.28. The minimum absolute atomic E-state index is 0.0550. The summed E-state index contributed by atoms with van der Waals surface area (Å²) in [5.41, 5.74) is 2.01. The highest BCUT2D eigenvalue weighted by atomic mass is 32.1. The topological polar surface area (TPSA) is 123 Å². The van der Waals surface area contributed by atoms with E-state index in [0.29, 0.717) is 49.5 Å². The van der Waals surface area contributed by atoms with Gasteiger partial charge in [0, 0.05) is 43.0 Å². The first kappa shape index (κ1) is 26.7. The molecule has 0 spiro atoms.